The molecule has 0 radical (unpaired) electrons. The van der Waals surface area contributed by atoms with E-state index in [4.69, 9.17) is 9.47 Å². The quantitative estimate of drug-likeness (QED) is 0.886. The Hall–Kier alpha value is -1.88. The molecule has 2 aliphatic rings. The minimum absolute atomic E-state index is 0.478. The maximum atomic E-state index is 5.96. The molecule has 0 spiro atoms. The molecule has 0 amide bonds. The molecule has 4 heteroatoms. The van der Waals surface area contributed by atoms with Crippen molar-refractivity contribution in [2.24, 2.45) is 5.92 Å². The van der Waals surface area contributed by atoms with Crippen LogP contribution in [0.3, 0.4) is 0 Å². The molecule has 4 nitrogen and oxygen atoms in total. The van der Waals surface area contributed by atoms with Gasteiger partial charge >= 0.3 is 0 Å². The van der Waals surface area contributed by atoms with Crippen molar-refractivity contribution in [1.82, 2.24) is 10.2 Å². The Morgan fingerprint density at radius 2 is 1.54 bits per heavy atom. The zero-order chi connectivity index (χ0) is 17.6. The lowest BCUT2D eigenvalue weighted by Crippen LogP contribution is -2.47. The average molecular weight is 352 g/mol. The standard InChI is InChI=1S/C22H28N2O2/c1-2-4-20(5-3-1)26-21-8-6-18(7-9-21)22(19-10-16-25-17-11-19)24-14-12-23-13-15-24/h1-9,19,22-23H,10-17H2/t22-/m1/s1. The van der Waals surface area contributed by atoms with Crippen LogP contribution in [0.2, 0.25) is 0 Å². The summed E-state index contributed by atoms with van der Waals surface area (Å²) >= 11 is 0. The van der Waals surface area contributed by atoms with Gasteiger partial charge in [-0.3, -0.25) is 4.90 Å². The largest absolute Gasteiger partial charge is 0.457 e. The molecule has 0 aliphatic carbocycles. The summed E-state index contributed by atoms with van der Waals surface area (Å²) in [6, 6.07) is 19.2. The number of rotatable bonds is 5. The Morgan fingerprint density at radius 3 is 2.23 bits per heavy atom. The van der Waals surface area contributed by atoms with Crippen LogP contribution >= 0.6 is 0 Å². The molecule has 4 rings (SSSR count). The van der Waals surface area contributed by atoms with Crippen molar-refractivity contribution in [1.29, 1.82) is 0 Å². The topological polar surface area (TPSA) is 33.7 Å². The maximum absolute atomic E-state index is 5.96. The van der Waals surface area contributed by atoms with Gasteiger partial charge in [-0.15, -0.1) is 0 Å². The van der Waals surface area contributed by atoms with Crippen LogP contribution in [0, 0.1) is 5.92 Å². The van der Waals surface area contributed by atoms with Gasteiger partial charge in [-0.25, -0.2) is 0 Å². The van der Waals surface area contributed by atoms with Crippen molar-refractivity contribution in [2.45, 2.75) is 18.9 Å². The summed E-state index contributed by atoms with van der Waals surface area (Å²) in [6.07, 6.45) is 2.30. The molecule has 2 aliphatic heterocycles. The van der Waals surface area contributed by atoms with E-state index in [0.29, 0.717) is 12.0 Å². The van der Waals surface area contributed by atoms with E-state index in [1.807, 2.05) is 30.3 Å². The van der Waals surface area contributed by atoms with Gasteiger partial charge in [0.25, 0.3) is 0 Å². The molecule has 138 valence electrons. The predicted octanol–water partition coefficient (Wildman–Crippen LogP) is 3.85. The summed E-state index contributed by atoms with van der Waals surface area (Å²) in [5, 5.41) is 3.47. The Labute approximate surface area is 156 Å². The molecule has 2 heterocycles. The van der Waals surface area contributed by atoms with Crippen molar-refractivity contribution in [3.63, 3.8) is 0 Å². The van der Waals surface area contributed by atoms with Gasteiger partial charge in [0.15, 0.2) is 0 Å². The van der Waals surface area contributed by atoms with Crippen LogP contribution in [0.1, 0.15) is 24.4 Å². The summed E-state index contributed by atoms with van der Waals surface area (Å²) in [5.74, 6) is 2.44. The van der Waals surface area contributed by atoms with Crippen LogP contribution < -0.4 is 10.1 Å². The molecule has 2 fully saturated rings. The minimum atomic E-state index is 0.478. The van der Waals surface area contributed by atoms with Gasteiger partial charge in [0.05, 0.1) is 0 Å². The van der Waals surface area contributed by atoms with Crippen molar-refractivity contribution in [3.8, 4) is 11.5 Å². The van der Waals surface area contributed by atoms with E-state index < -0.39 is 0 Å². The average Bonchev–Trinajstić information content (AvgIpc) is 2.72. The first-order valence-corrected chi connectivity index (χ1v) is 9.75. The maximum Gasteiger partial charge on any atom is 0.127 e. The van der Waals surface area contributed by atoms with Gasteiger partial charge in [0, 0.05) is 45.4 Å². The van der Waals surface area contributed by atoms with E-state index in [9.17, 15) is 0 Å². The Morgan fingerprint density at radius 1 is 0.885 bits per heavy atom. The normalized spacial score (nSPS) is 20.6. The van der Waals surface area contributed by atoms with E-state index in [-0.39, 0.29) is 0 Å². The van der Waals surface area contributed by atoms with Crippen LogP contribution in [0.5, 0.6) is 11.5 Å². The molecule has 2 aromatic carbocycles. The van der Waals surface area contributed by atoms with Gasteiger partial charge in [-0.2, -0.15) is 0 Å². The molecule has 1 atom stereocenters. The molecular formula is C22H28N2O2. The van der Waals surface area contributed by atoms with E-state index in [1.54, 1.807) is 0 Å². The first-order valence-electron chi connectivity index (χ1n) is 9.75. The first-order chi connectivity index (χ1) is 12.9. The molecule has 2 aromatic rings. The van der Waals surface area contributed by atoms with Crippen LogP contribution in [0.25, 0.3) is 0 Å². The number of piperazine rings is 1. The monoisotopic (exact) mass is 352 g/mol. The van der Waals surface area contributed by atoms with E-state index in [0.717, 1.165) is 63.7 Å². The van der Waals surface area contributed by atoms with Crippen molar-refractivity contribution in [2.75, 3.05) is 39.4 Å². The third-order valence-electron chi connectivity index (χ3n) is 5.46. The zero-order valence-electron chi connectivity index (χ0n) is 15.3. The lowest BCUT2D eigenvalue weighted by molar-refractivity contribution is 0.0213. The van der Waals surface area contributed by atoms with Crippen LogP contribution in [-0.4, -0.2) is 44.3 Å². The van der Waals surface area contributed by atoms with Gasteiger partial charge in [0.1, 0.15) is 11.5 Å². The van der Waals surface area contributed by atoms with Crippen molar-refractivity contribution in [3.05, 3.63) is 60.2 Å². The van der Waals surface area contributed by atoms with E-state index in [1.165, 1.54) is 5.56 Å². The van der Waals surface area contributed by atoms with Crippen molar-refractivity contribution >= 4 is 0 Å². The van der Waals surface area contributed by atoms with Gasteiger partial charge in [-0.05, 0) is 48.6 Å². The second-order valence-electron chi connectivity index (χ2n) is 7.16. The number of nitrogens with zero attached hydrogens (tertiary/aromatic N) is 1. The number of hydrogen-bond acceptors (Lipinski definition) is 4. The molecule has 0 aromatic heterocycles. The zero-order valence-corrected chi connectivity index (χ0v) is 15.3. The lowest BCUT2D eigenvalue weighted by atomic mass is 9.85. The Kier molecular flexibility index (Phi) is 5.85. The number of para-hydroxylation sites is 1. The van der Waals surface area contributed by atoms with Crippen LogP contribution in [0.4, 0.5) is 0 Å². The number of nitrogens with one attached hydrogen (secondary N) is 1. The van der Waals surface area contributed by atoms with E-state index >= 15 is 0 Å². The van der Waals surface area contributed by atoms with E-state index in [2.05, 4.69) is 34.5 Å². The molecule has 1 N–H and O–H groups in total. The fourth-order valence-electron chi connectivity index (χ4n) is 4.13. The van der Waals surface area contributed by atoms with Gasteiger partial charge in [-0.1, -0.05) is 30.3 Å². The number of hydrogen-bond donors (Lipinski definition) is 1. The molecule has 0 unspecified atom stereocenters. The van der Waals surface area contributed by atoms with Crippen molar-refractivity contribution < 1.29 is 9.47 Å². The summed E-state index contributed by atoms with van der Waals surface area (Å²) < 4.78 is 11.6. The second-order valence-corrected chi connectivity index (χ2v) is 7.16. The molecule has 0 bridgehead atoms. The fourth-order valence-corrected chi connectivity index (χ4v) is 4.13. The number of benzene rings is 2. The van der Waals surface area contributed by atoms with Gasteiger partial charge in [0.2, 0.25) is 0 Å². The molecular weight excluding hydrogens is 324 g/mol. The molecule has 0 saturated carbocycles. The van der Waals surface area contributed by atoms with Crippen LogP contribution in [-0.2, 0) is 4.74 Å². The number of ether oxygens (including phenoxy) is 2. The Balaban J connectivity index is 1.52. The SMILES string of the molecule is c1ccc(Oc2ccc([C@H](C3CCOCC3)N3CCNCC3)cc2)cc1. The highest BCUT2D eigenvalue weighted by Gasteiger charge is 2.31. The smallest absolute Gasteiger partial charge is 0.127 e. The molecule has 2 saturated heterocycles. The Bertz CT molecular complexity index is 644. The fraction of sp³-hybridized carbons (Fsp3) is 0.455. The summed E-state index contributed by atoms with van der Waals surface area (Å²) in [7, 11) is 0. The van der Waals surface area contributed by atoms with Crippen LogP contribution in [0.15, 0.2) is 54.6 Å². The lowest BCUT2D eigenvalue weighted by Gasteiger charge is -2.41. The van der Waals surface area contributed by atoms with Gasteiger partial charge < -0.3 is 14.8 Å². The highest BCUT2D eigenvalue weighted by atomic mass is 16.5. The first kappa shape index (κ1) is 17.5. The predicted molar refractivity (Wildman–Crippen MR) is 104 cm³/mol. The highest BCUT2D eigenvalue weighted by Crippen LogP contribution is 2.36. The highest BCUT2D eigenvalue weighted by molar-refractivity contribution is 5.34. The third-order valence-corrected chi connectivity index (χ3v) is 5.46. The summed E-state index contributed by atoms with van der Waals surface area (Å²) in [6.45, 7) is 6.17. The summed E-state index contributed by atoms with van der Waals surface area (Å²) in [5.41, 5.74) is 1.40. The minimum Gasteiger partial charge on any atom is -0.457 e. The summed E-state index contributed by atoms with van der Waals surface area (Å²) in [4.78, 5) is 2.65. The third kappa shape index (κ3) is 4.26. The molecule has 26 heavy (non-hydrogen) atoms. The second kappa shape index (κ2) is 8.67.